The summed E-state index contributed by atoms with van der Waals surface area (Å²) in [5.41, 5.74) is 5.56. The van der Waals surface area contributed by atoms with Crippen LogP contribution in [0, 0.1) is 0 Å². The summed E-state index contributed by atoms with van der Waals surface area (Å²) in [6, 6.07) is 2.67. The second-order valence-electron chi connectivity index (χ2n) is 2.47. The Morgan fingerprint density at radius 2 is 2.29 bits per heavy atom. The third-order valence-electron chi connectivity index (χ3n) is 1.44. The van der Waals surface area contributed by atoms with Crippen LogP contribution in [0.5, 0.6) is 5.88 Å². The number of carboxylic acids is 1. The molecule has 0 saturated carbocycles. The fraction of sp³-hybridized carbons (Fsp3) is 0.250. The first kappa shape index (κ1) is 10.3. The Bertz CT molecular complexity index is 340. The SMILES string of the molecule is Nc1ccc(C(=O)O)nc1OCCO. The zero-order valence-electron chi connectivity index (χ0n) is 7.30. The normalized spacial score (nSPS) is 9.79. The lowest BCUT2D eigenvalue weighted by Gasteiger charge is -2.06. The number of aromatic nitrogens is 1. The zero-order valence-corrected chi connectivity index (χ0v) is 7.30. The van der Waals surface area contributed by atoms with Gasteiger partial charge in [0.15, 0.2) is 5.69 Å². The van der Waals surface area contributed by atoms with Crippen molar-refractivity contribution in [2.24, 2.45) is 0 Å². The van der Waals surface area contributed by atoms with E-state index in [4.69, 9.17) is 20.7 Å². The van der Waals surface area contributed by atoms with Crippen LogP contribution in [0.3, 0.4) is 0 Å². The number of hydrogen-bond donors (Lipinski definition) is 3. The van der Waals surface area contributed by atoms with E-state index in [1.165, 1.54) is 12.1 Å². The summed E-state index contributed by atoms with van der Waals surface area (Å²) in [7, 11) is 0. The van der Waals surface area contributed by atoms with E-state index in [9.17, 15) is 4.79 Å². The third kappa shape index (κ3) is 2.33. The molecule has 0 aromatic carbocycles. The van der Waals surface area contributed by atoms with Crippen LogP contribution in [0.25, 0.3) is 0 Å². The summed E-state index contributed by atoms with van der Waals surface area (Å²) >= 11 is 0. The number of aromatic carboxylic acids is 1. The third-order valence-corrected chi connectivity index (χ3v) is 1.44. The fourth-order valence-electron chi connectivity index (χ4n) is 0.828. The maximum Gasteiger partial charge on any atom is 0.354 e. The fourth-order valence-corrected chi connectivity index (χ4v) is 0.828. The number of nitrogens with zero attached hydrogens (tertiary/aromatic N) is 1. The number of hydrogen-bond acceptors (Lipinski definition) is 5. The first-order valence-electron chi connectivity index (χ1n) is 3.88. The summed E-state index contributed by atoms with van der Waals surface area (Å²) in [4.78, 5) is 14.2. The molecule has 6 heteroatoms. The van der Waals surface area contributed by atoms with Crippen molar-refractivity contribution in [3.63, 3.8) is 0 Å². The minimum absolute atomic E-state index is 0.0268. The van der Waals surface area contributed by atoms with Crippen LogP contribution in [0.15, 0.2) is 12.1 Å². The molecule has 76 valence electrons. The summed E-state index contributed by atoms with van der Waals surface area (Å²) < 4.78 is 4.93. The first-order chi connectivity index (χ1) is 6.65. The first-order valence-corrected chi connectivity index (χ1v) is 3.88. The molecule has 0 amide bonds. The van der Waals surface area contributed by atoms with E-state index in [0.717, 1.165) is 0 Å². The van der Waals surface area contributed by atoms with Crippen molar-refractivity contribution in [1.82, 2.24) is 4.98 Å². The average molecular weight is 198 g/mol. The number of nitrogens with two attached hydrogens (primary N) is 1. The Morgan fingerprint density at radius 3 is 2.86 bits per heavy atom. The van der Waals surface area contributed by atoms with Crippen LogP contribution >= 0.6 is 0 Å². The molecule has 0 atom stereocenters. The van der Waals surface area contributed by atoms with Crippen LogP contribution in [-0.4, -0.2) is 34.4 Å². The number of rotatable bonds is 4. The molecule has 0 aliphatic heterocycles. The Hall–Kier alpha value is -1.82. The average Bonchev–Trinajstić information content (AvgIpc) is 2.16. The number of carboxylic acid groups (broad SMARTS) is 1. The highest BCUT2D eigenvalue weighted by atomic mass is 16.5. The summed E-state index contributed by atoms with van der Waals surface area (Å²) in [5.74, 6) is -1.13. The van der Waals surface area contributed by atoms with Gasteiger partial charge in [0.2, 0.25) is 5.88 Å². The topological polar surface area (TPSA) is 106 Å². The molecule has 14 heavy (non-hydrogen) atoms. The number of anilines is 1. The van der Waals surface area contributed by atoms with E-state index in [1.807, 2.05) is 0 Å². The molecule has 0 radical (unpaired) electrons. The molecule has 0 fully saturated rings. The Labute approximate surface area is 79.9 Å². The molecule has 0 bridgehead atoms. The van der Waals surface area contributed by atoms with Crippen molar-refractivity contribution in [2.45, 2.75) is 0 Å². The summed E-state index contributed by atoms with van der Waals surface area (Å²) in [6.45, 7) is -0.154. The van der Waals surface area contributed by atoms with E-state index in [1.54, 1.807) is 0 Å². The van der Waals surface area contributed by atoms with Crippen LogP contribution < -0.4 is 10.5 Å². The molecular weight excluding hydrogens is 188 g/mol. The van der Waals surface area contributed by atoms with E-state index >= 15 is 0 Å². The van der Waals surface area contributed by atoms with Gasteiger partial charge < -0.3 is 20.7 Å². The van der Waals surface area contributed by atoms with Crippen molar-refractivity contribution in [1.29, 1.82) is 0 Å². The molecular formula is C8H10N2O4. The molecule has 1 heterocycles. The van der Waals surface area contributed by atoms with Gasteiger partial charge in [-0.15, -0.1) is 0 Å². The van der Waals surface area contributed by atoms with Gasteiger partial charge in [0.1, 0.15) is 6.61 Å². The smallest absolute Gasteiger partial charge is 0.354 e. The molecule has 0 aliphatic carbocycles. The highest BCUT2D eigenvalue weighted by Gasteiger charge is 2.08. The summed E-state index contributed by atoms with van der Waals surface area (Å²) in [5, 5.41) is 17.1. The lowest BCUT2D eigenvalue weighted by molar-refractivity contribution is 0.0689. The molecule has 1 rings (SSSR count). The molecule has 1 aromatic heterocycles. The van der Waals surface area contributed by atoms with Gasteiger partial charge in [0, 0.05) is 0 Å². The predicted molar refractivity (Wildman–Crippen MR) is 48.2 cm³/mol. The Balaban J connectivity index is 2.90. The lowest BCUT2D eigenvalue weighted by atomic mass is 10.3. The van der Waals surface area contributed by atoms with Crippen molar-refractivity contribution < 1.29 is 19.7 Å². The highest BCUT2D eigenvalue weighted by Crippen LogP contribution is 2.18. The lowest BCUT2D eigenvalue weighted by Crippen LogP contribution is -2.08. The molecule has 0 aliphatic rings. The van der Waals surface area contributed by atoms with Crippen molar-refractivity contribution >= 4 is 11.7 Å². The second kappa shape index (κ2) is 4.43. The van der Waals surface area contributed by atoms with Gasteiger partial charge in [-0.2, -0.15) is 0 Å². The molecule has 4 N–H and O–H groups in total. The predicted octanol–water partition coefficient (Wildman–Crippen LogP) is -0.267. The minimum atomic E-state index is -1.15. The number of aliphatic hydroxyl groups excluding tert-OH is 1. The van der Waals surface area contributed by atoms with E-state index < -0.39 is 5.97 Å². The monoisotopic (exact) mass is 198 g/mol. The number of ether oxygens (including phenoxy) is 1. The van der Waals surface area contributed by atoms with Crippen LogP contribution in [0.4, 0.5) is 5.69 Å². The zero-order chi connectivity index (χ0) is 10.6. The maximum absolute atomic E-state index is 10.5. The van der Waals surface area contributed by atoms with Gasteiger partial charge in [-0.1, -0.05) is 0 Å². The number of pyridine rings is 1. The van der Waals surface area contributed by atoms with Gasteiger partial charge in [0.05, 0.1) is 12.3 Å². The van der Waals surface area contributed by atoms with Crippen molar-refractivity contribution in [3.8, 4) is 5.88 Å². The quantitative estimate of drug-likeness (QED) is 0.615. The van der Waals surface area contributed by atoms with Gasteiger partial charge in [0.25, 0.3) is 0 Å². The molecule has 0 spiro atoms. The number of carbonyl (C=O) groups is 1. The molecule has 0 saturated heterocycles. The van der Waals surface area contributed by atoms with E-state index in [-0.39, 0.29) is 30.5 Å². The highest BCUT2D eigenvalue weighted by molar-refractivity contribution is 5.86. The summed E-state index contributed by atoms with van der Waals surface area (Å²) in [6.07, 6.45) is 0. The van der Waals surface area contributed by atoms with Crippen LogP contribution in [0.1, 0.15) is 10.5 Å². The minimum Gasteiger partial charge on any atom is -0.477 e. The molecule has 6 nitrogen and oxygen atoms in total. The Kier molecular flexibility index (Phi) is 3.24. The Morgan fingerprint density at radius 1 is 1.57 bits per heavy atom. The van der Waals surface area contributed by atoms with Crippen LogP contribution in [0.2, 0.25) is 0 Å². The van der Waals surface area contributed by atoms with Gasteiger partial charge in [-0.25, -0.2) is 9.78 Å². The van der Waals surface area contributed by atoms with E-state index in [0.29, 0.717) is 0 Å². The van der Waals surface area contributed by atoms with Crippen molar-refractivity contribution in [2.75, 3.05) is 18.9 Å². The standard InChI is InChI=1S/C8H10N2O4/c9-5-1-2-6(8(12)13)10-7(5)14-4-3-11/h1-2,11H,3-4,9H2,(H,12,13). The van der Waals surface area contributed by atoms with Gasteiger partial charge in [-0.3, -0.25) is 0 Å². The molecule has 0 unspecified atom stereocenters. The van der Waals surface area contributed by atoms with Gasteiger partial charge >= 0.3 is 5.97 Å². The maximum atomic E-state index is 10.5. The van der Waals surface area contributed by atoms with E-state index in [2.05, 4.69) is 4.98 Å². The number of nitrogen functional groups attached to an aromatic ring is 1. The number of aliphatic hydroxyl groups is 1. The largest absolute Gasteiger partial charge is 0.477 e. The van der Waals surface area contributed by atoms with Crippen molar-refractivity contribution in [3.05, 3.63) is 17.8 Å². The van der Waals surface area contributed by atoms with Crippen LogP contribution in [-0.2, 0) is 0 Å². The second-order valence-corrected chi connectivity index (χ2v) is 2.47. The van der Waals surface area contributed by atoms with Gasteiger partial charge in [-0.05, 0) is 12.1 Å². The molecule has 1 aromatic rings.